The minimum atomic E-state index is -1.76. The first-order chi connectivity index (χ1) is 23.0. The lowest BCUT2D eigenvalue weighted by atomic mass is 9.98. The van der Waals surface area contributed by atoms with Crippen LogP contribution in [0.5, 0.6) is 0 Å². The Bertz CT molecular complexity index is 1000. The van der Waals surface area contributed by atoms with Gasteiger partial charge < -0.3 is 64.2 Å². The third-order valence-electron chi connectivity index (χ3n) is 7.69. The average Bonchev–Trinajstić information content (AvgIpc) is 3.06. The Morgan fingerprint density at radius 1 is 0.708 bits per heavy atom. The minimum Gasteiger partial charge on any atom is -0.462 e. The Morgan fingerprint density at radius 2 is 1.29 bits per heavy atom. The molecule has 2 rings (SSSR count). The molecule has 2 fully saturated rings. The molecule has 0 aromatic carbocycles. The molecule has 15 nitrogen and oxygen atoms in total. The van der Waals surface area contributed by atoms with E-state index in [0.717, 1.165) is 38.5 Å². The lowest BCUT2D eigenvalue weighted by Crippen LogP contribution is -2.61. The number of ether oxygens (including phenoxy) is 6. The lowest BCUT2D eigenvalue weighted by molar-refractivity contribution is -0.332. The average molecular weight is 691 g/mol. The third-order valence-corrected chi connectivity index (χ3v) is 7.69. The second-order valence-corrected chi connectivity index (χ2v) is 11.7. The number of hydrogen-bond donors (Lipinski definition) is 7. The number of carbonyl (C=O) groups is 2. The van der Waals surface area contributed by atoms with Crippen LogP contribution in [-0.4, -0.2) is 142 Å². The van der Waals surface area contributed by atoms with E-state index in [1.807, 2.05) is 0 Å². The molecule has 11 atom stereocenters. The van der Waals surface area contributed by atoms with Gasteiger partial charge in [0.25, 0.3) is 0 Å². The summed E-state index contributed by atoms with van der Waals surface area (Å²) in [5, 5.41) is 70.7. The fourth-order valence-corrected chi connectivity index (χ4v) is 4.90. The van der Waals surface area contributed by atoms with Crippen LogP contribution in [0, 0.1) is 0 Å². The molecule has 0 saturated carbocycles. The smallest absolute Gasteiger partial charge is 0.306 e. The Morgan fingerprint density at radius 3 is 1.92 bits per heavy atom. The van der Waals surface area contributed by atoms with Crippen LogP contribution in [0.25, 0.3) is 0 Å². The van der Waals surface area contributed by atoms with Crippen molar-refractivity contribution in [1.82, 2.24) is 0 Å². The Hall–Kier alpha value is -2.28. The minimum absolute atomic E-state index is 0.124. The van der Waals surface area contributed by atoms with Crippen molar-refractivity contribution >= 4 is 11.9 Å². The van der Waals surface area contributed by atoms with E-state index in [0.29, 0.717) is 6.42 Å². The summed E-state index contributed by atoms with van der Waals surface area (Å²) in [4.78, 5) is 23.9. The van der Waals surface area contributed by atoms with E-state index in [2.05, 4.69) is 43.4 Å². The number of esters is 2. The van der Waals surface area contributed by atoms with Crippen LogP contribution in [-0.2, 0) is 38.0 Å². The molecular formula is C33H54O15. The topological polar surface area (TPSA) is 231 Å². The maximum atomic E-state index is 12.5. The summed E-state index contributed by atoms with van der Waals surface area (Å²) in [5.41, 5.74) is 0. The van der Waals surface area contributed by atoms with Crippen molar-refractivity contribution in [2.45, 2.75) is 133 Å². The maximum Gasteiger partial charge on any atom is 0.306 e. The zero-order chi connectivity index (χ0) is 35.5. The summed E-state index contributed by atoms with van der Waals surface area (Å²) < 4.78 is 32.2. The van der Waals surface area contributed by atoms with Gasteiger partial charge in [-0.2, -0.15) is 0 Å². The molecule has 48 heavy (non-hydrogen) atoms. The predicted octanol–water partition coefficient (Wildman–Crippen LogP) is -0.0887. The Labute approximate surface area is 281 Å². The molecule has 2 aliphatic heterocycles. The fraction of sp³-hybridized carbons (Fsp3) is 0.758. The molecule has 2 aliphatic rings. The quantitative estimate of drug-likeness (QED) is 0.0474. The highest BCUT2D eigenvalue weighted by Gasteiger charge is 2.47. The van der Waals surface area contributed by atoms with E-state index in [1.165, 1.54) is 6.92 Å². The molecule has 0 amide bonds. The summed E-state index contributed by atoms with van der Waals surface area (Å²) in [6.07, 6.45) is 1.97. The monoisotopic (exact) mass is 690 g/mol. The molecule has 0 spiro atoms. The summed E-state index contributed by atoms with van der Waals surface area (Å²) in [6.45, 7) is 1.32. The van der Waals surface area contributed by atoms with Crippen LogP contribution in [0.4, 0.5) is 0 Å². The Balaban J connectivity index is 1.81. The van der Waals surface area contributed by atoms with Crippen LogP contribution in [0.3, 0.4) is 0 Å². The second-order valence-electron chi connectivity index (χ2n) is 11.7. The first kappa shape index (κ1) is 41.9. The van der Waals surface area contributed by atoms with Crippen molar-refractivity contribution < 1.29 is 73.8 Å². The van der Waals surface area contributed by atoms with Gasteiger partial charge in [0.2, 0.25) is 0 Å². The van der Waals surface area contributed by atoms with Gasteiger partial charge in [-0.3, -0.25) is 9.59 Å². The van der Waals surface area contributed by atoms with Crippen molar-refractivity contribution in [3.8, 4) is 0 Å². The standard InChI is InChI=1S/C33H54O15/c1-3-4-5-6-7-8-9-10-11-12-13-14-15-16-25(36)46-22(18-43-21(2)35)19-44-32-31(42)29(40)27(38)24(48-32)20-45-33-30(41)28(39)26(37)23(17-34)47-33/h4-5,7-8,10-11,22-24,26-34,37-42H,3,6,9,12-20H2,1-2H3/b5-4-,8-7-,11-10-. The van der Waals surface area contributed by atoms with Crippen molar-refractivity contribution in [2.75, 3.05) is 26.4 Å². The van der Waals surface area contributed by atoms with Gasteiger partial charge in [0.05, 0.1) is 19.8 Å². The number of rotatable bonds is 21. The van der Waals surface area contributed by atoms with E-state index in [-0.39, 0.29) is 13.0 Å². The number of unbranched alkanes of at least 4 members (excludes halogenated alkanes) is 3. The normalized spacial score (nSPS) is 31.9. The third kappa shape index (κ3) is 14.7. The van der Waals surface area contributed by atoms with E-state index in [1.54, 1.807) is 0 Å². The van der Waals surface area contributed by atoms with Crippen LogP contribution in [0.1, 0.15) is 65.2 Å². The first-order valence-corrected chi connectivity index (χ1v) is 16.5. The molecule has 0 radical (unpaired) electrons. The number of allylic oxidation sites excluding steroid dienone is 6. The number of carbonyl (C=O) groups excluding carboxylic acids is 2. The Kier molecular flexibility index (Phi) is 20.2. The first-order valence-electron chi connectivity index (χ1n) is 16.5. The molecule has 11 unspecified atom stereocenters. The second kappa shape index (κ2) is 23.2. The molecular weight excluding hydrogens is 636 g/mol. The summed E-state index contributed by atoms with van der Waals surface area (Å²) in [5.74, 6) is -1.16. The molecule has 0 aliphatic carbocycles. The van der Waals surface area contributed by atoms with Crippen molar-refractivity contribution in [3.05, 3.63) is 36.5 Å². The maximum absolute atomic E-state index is 12.5. The van der Waals surface area contributed by atoms with Gasteiger partial charge in [-0.25, -0.2) is 0 Å². The van der Waals surface area contributed by atoms with Crippen LogP contribution >= 0.6 is 0 Å². The molecule has 0 aromatic rings. The van der Waals surface area contributed by atoms with Gasteiger partial charge in [-0.15, -0.1) is 0 Å². The molecule has 2 heterocycles. The molecule has 15 heteroatoms. The molecule has 276 valence electrons. The van der Waals surface area contributed by atoms with E-state index in [9.17, 15) is 45.3 Å². The van der Waals surface area contributed by atoms with E-state index < -0.39 is 99.3 Å². The van der Waals surface area contributed by atoms with Gasteiger partial charge in [-0.05, 0) is 38.5 Å². The fourth-order valence-electron chi connectivity index (χ4n) is 4.90. The predicted molar refractivity (Wildman–Crippen MR) is 169 cm³/mol. The van der Waals surface area contributed by atoms with Crippen molar-refractivity contribution in [3.63, 3.8) is 0 Å². The number of aliphatic hydroxyl groups is 7. The SMILES string of the molecule is CC/C=C\C/C=C\C/C=C\CCCCCC(=O)OC(COC(C)=O)COC1OC(COC2OC(CO)C(O)C(O)C2O)C(O)C(O)C1O. The largest absolute Gasteiger partial charge is 0.462 e. The van der Waals surface area contributed by atoms with Crippen LogP contribution in [0.15, 0.2) is 36.5 Å². The number of aliphatic hydroxyl groups excluding tert-OH is 7. The van der Waals surface area contributed by atoms with Gasteiger partial charge in [-0.1, -0.05) is 49.8 Å². The number of hydrogen-bond acceptors (Lipinski definition) is 15. The van der Waals surface area contributed by atoms with Gasteiger partial charge >= 0.3 is 11.9 Å². The molecule has 0 aromatic heterocycles. The highest BCUT2D eigenvalue weighted by molar-refractivity contribution is 5.69. The summed E-state index contributed by atoms with van der Waals surface area (Å²) >= 11 is 0. The van der Waals surface area contributed by atoms with Crippen molar-refractivity contribution in [2.24, 2.45) is 0 Å². The summed E-state index contributed by atoms with van der Waals surface area (Å²) in [7, 11) is 0. The molecule has 7 N–H and O–H groups in total. The highest BCUT2D eigenvalue weighted by Crippen LogP contribution is 2.26. The van der Waals surface area contributed by atoms with Crippen LogP contribution < -0.4 is 0 Å². The zero-order valence-electron chi connectivity index (χ0n) is 27.7. The van der Waals surface area contributed by atoms with Gasteiger partial charge in [0.1, 0.15) is 55.4 Å². The van der Waals surface area contributed by atoms with Gasteiger partial charge in [0.15, 0.2) is 18.7 Å². The van der Waals surface area contributed by atoms with Crippen molar-refractivity contribution in [1.29, 1.82) is 0 Å². The van der Waals surface area contributed by atoms with Gasteiger partial charge in [0, 0.05) is 13.3 Å². The summed E-state index contributed by atoms with van der Waals surface area (Å²) in [6, 6.07) is 0. The molecule has 0 bridgehead atoms. The zero-order valence-corrected chi connectivity index (χ0v) is 27.7. The lowest BCUT2D eigenvalue weighted by Gasteiger charge is -2.42. The highest BCUT2D eigenvalue weighted by atomic mass is 16.7. The molecule has 2 saturated heterocycles. The van der Waals surface area contributed by atoms with Crippen LogP contribution in [0.2, 0.25) is 0 Å². The van der Waals surface area contributed by atoms with E-state index in [4.69, 9.17) is 28.4 Å². The van der Waals surface area contributed by atoms with E-state index >= 15 is 0 Å².